The number of nitrogen functional groups attached to an aromatic ring is 1. The molecule has 1 unspecified atom stereocenters. The topological polar surface area (TPSA) is 75.4 Å². The van der Waals surface area contributed by atoms with Gasteiger partial charge in [0, 0.05) is 23.2 Å². The third-order valence-corrected chi connectivity index (χ3v) is 5.25. The van der Waals surface area contributed by atoms with E-state index in [1.807, 2.05) is 25.1 Å². The molecule has 1 fully saturated rings. The summed E-state index contributed by atoms with van der Waals surface area (Å²) < 4.78 is 1.03. The molecule has 1 atom stereocenters. The lowest BCUT2D eigenvalue weighted by atomic mass is 10.1. The number of hydrogen-bond donors (Lipinski definition) is 2. The molecular weight excluding hydrogens is 286 g/mol. The highest BCUT2D eigenvalue weighted by molar-refractivity contribution is 7.21. The highest BCUT2D eigenvalue weighted by Crippen LogP contribution is 2.36. The molecule has 3 N–H and O–H groups in total. The summed E-state index contributed by atoms with van der Waals surface area (Å²) in [5, 5.41) is 3.67. The number of nitrogens with two attached hydrogens (primary N) is 1. The van der Waals surface area contributed by atoms with Crippen LogP contribution in [0.4, 0.5) is 5.69 Å². The van der Waals surface area contributed by atoms with Crippen molar-refractivity contribution >= 4 is 38.9 Å². The van der Waals surface area contributed by atoms with E-state index in [0.717, 1.165) is 15.6 Å². The molecule has 1 aliphatic heterocycles. The van der Waals surface area contributed by atoms with Gasteiger partial charge in [0.05, 0.1) is 5.69 Å². The van der Waals surface area contributed by atoms with Crippen LogP contribution in [-0.2, 0) is 4.79 Å². The number of nitrogens with one attached hydrogen (secondary N) is 1. The van der Waals surface area contributed by atoms with E-state index in [4.69, 9.17) is 5.73 Å². The fourth-order valence-corrected chi connectivity index (χ4v) is 3.77. The summed E-state index contributed by atoms with van der Waals surface area (Å²) in [6, 6.07) is 5.41. The zero-order valence-electron chi connectivity index (χ0n) is 12.0. The van der Waals surface area contributed by atoms with Gasteiger partial charge in [-0.25, -0.2) is 0 Å². The van der Waals surface area contributed by atoms with Gasteiger partial charge in [-0.2, -0.15) is 0 Å². The monoisotopic (exact) mass is 303 g/mol. The maximum atomic E-state index is 12.7. The molecule has 0 saturated carbocycles. The van der Waals surface area contributed by atoms with Gasteiger partial charge in [0.1, 0.15) is 10.9 Å². The van der Waals surface area contributed by atoms with E-state index in [-0.39, 0.29) is 11.8 Å². The molecule has 1 aromatic carbocycles. The van der Waals surface area contributed by atoms with Crippen LogP contribution in [0.5, 0.6) is 0 Å². The lowest BCUT2D eigenvalue weighted by Gasteiger charge is -2.32. The first-order valence-corrected chi connectivity index (χ1v) is 7.68. The largest absolute Gasteiger partial charge is 0.397 e. The summed E-state index contributed by atoms with van der Waals surface area (Å²) in [4.78, 5) is 26.6. The quantitative estimate of drug-likeness (QED) is 0.843. The Bertz CT molecular complexity index is 738. The molecule has 0 bridgehead atoms. The first-order chi connectivity index (χ1) is 10.0. The Kier molecular flexibility index (Phi) is 3.33. The minimum Gasteiger partial charge on any atom is -0.397 e. The van der Waals surface area contributed by atoms with Crippen LogP contribution in [0.15, 0.2) is 18.2 Å². The van der Waals surface area contributed by atoms with Gasteiger partial charge in [0.25, 0.3) is 5.91 Å². The number of thiophene rings is 1. The molecule has 1 aromatic heterocycles. The zero-order chi connectivity index (χ0) is 15.1. The van der Waals surface area contributed by atoms with Gasteiger partial charge in [0.2, 0.25) is 5.91 Å². The summed E-state index contributed by atoms with van der Waals surface area (Å²) in [7, 11) is 0. The van der Waals surface area contributed by atoms with Crippen molar-refractivity contribution < 1.29 is 9.59 Å². The molecule has 1 aliphatic rings. The number of fused-ring (bicyclic) bond motifs is 1. The molecule has 5 nitrogen and oxygen atoms in total. The number of nitrogens with zero attached hydrogens (tertiary/aromatic N) is 1. The molecule has 0 spiro atoms. The summed E-state index contributed by atoms with van der Waals surface area (Å²) in [6.45, 7) is 4.74. The summed E-state index contributed by atoms with van der Waals surface area (Å²) in [6.07, 6.45) is 0. The van der Waals surface area contributed by atoms with Gasteiger partial charge in [-0.1, -0.05) is 18.2 Å². The van der Waals surface area contributed by atoms with Crippen LogP contribution in [0, 0.1) is 6.92 Å². The van der Waals surface area contributed by atoms with E-state index in [0.29, 0.717) is 23.7 Å². The minimum absolute atomic E-state index is 0.120. The molecule has 110 valence electrons. The van der Waals surface area contributed by atoms with E-state index < -0.39 is 6.04 Å². The molecule has 3 rings (SSSR count). The molecule has 2 amide bonds. The fraction of sp³-hybridized carbons (Fsp3) is 0.333. The molecule has 0 radical (unpaired) electrons. The number of carbonyl (C=O) groups is 2. The standard InChI is InChI=1S/C15H17N3O2S/c1-8-4-3-5-10-11(16)13(21-12(8)10)15(20)18-7-6-17-14(19)9(18)2/h3-5,9H,6-7,16H2,1-2H3,(H,17,19). The van der Waals surface area contributed by atoms with Gasteiger partial charge in [0.15, 0.2) is 0 Å². The first-order valence-electron chi connectivity index (χ1n) is 6.87. The Balaban J connectivity index is 2.04. The van der Waals surface area contributed by atoms with Gasteiger partial charge >= 0.3 is 0 Å². The molecule has 0 aliphatic carbocycles. The van der Waals surface area contributed by atoms with Crippen molar-refractivity contribution in [2.24, 2.45) is 0 Å². The van der Waals surface area contributed by atoms with Crippen molar-refractivity contribution in [3.05, 3.63) is 28.6 Å². The van der Waals surface area contributed by atoms with E-state index in [9.17, 15) is 9.59 Å². The SMILES string of the molecule is Cc1cccc2c(N)c(C(=O)N3CCNC(=O)C3C)sc12. The number of aryl methyl sites for hydroxylation is 1. The van der Waals surface area contributed by atoms with Crippen LogP contribution in [0.1, 0.15) is 22.2 Å². The normalized spacial score (nSPS) is 18.9. The lowest BCUT2D eigenvalue weighted by Crippen LogP contribution is -2.55. The molecule has 6 heteroatoms. The van der Waals surface area contributed by atoms with Crippen LogP contribution in [0.3, 0.4) is 0 Å². The van der Waals surface area contributed by atoms with Crippen molar-refractivity contribution in [1.82, 2.24) is 10.2 Å². The van der Waals surface area contributed by atoms with E-state index in [2.05, 4.69) is 5.32 Å². The lowest BCUT2D eigenvalue weighted by molar-refractivity contribution is -0.127. The predicted octanol–water partition coefficient (Wildman–Crippen LogP) is 1.75. The molecule has 2 heterocycles. The Morgan fingerprint density at radius 1 is 1.48 bits per heavy atom. The van der Waals surface area contributed by atoms with E-state index >= 15 is 0 Å². The minimum atomic E-state index is -0.461. The number of piperazine rings is 1. The highest BCUT2D eigenvalue weighted by atomic mass is 32.1. The average molecular weight is 303 g/mol. The summed E-state index contributed by atoms with van der Waals surface area (Å²) in [5.41, 5.74) is 7.78. The number of amides is 2. The second-order valence-electron chi connectivity index (χ2n) is 5.26. The van der Waals surface area contributed by atoms with Crippen molar-refractivity contribution in [3.8, 4) is 0 Å². The Hall–Kier alpha value is -2.08. The smallest absolute Gasteiger partial charge is 0.266 e. The van der Waals surface area contributed by atoms with E-state index in [1.54, 1.807) is 11.8 Å². The number of benzene rings is 1. The van der Waals surface area contributed by atoms with Crippen LogP contribution < -0.4 is 11.1 Å². The highest BCUT2D eigenvalue weighted by Gasteiger charge is 2.32. The van der Waals surface area contributed by atoms with Gasteiger partial charge in [-0.05, 0) is 19.4 Å². The van der Waals surface area contributed by atoms with Gasteiger partial charge in [-0.15, -0.1) is 11.3 Å². The number of anilines is 1. The second-order valence-corrected chi connectivity index (χ2v) is 6.28. The van der Waals surface area contributed by atoms with Crippen molar-refractivity contribution in [1.29, 1.82) is 0 Å². The Morgan fingerprint density at radius 2 is 2.24 bits per heavy atom. The van der Waals surface area contributed by atoms with E-state index in [1.165, 1.54) is 11.3 Å². The Labute approximate surface area is 126 Å². The predicted molar refractivity (Wildman–Crippen MR) is 84.5 cm³/mol. The average Bonchev–Trinajstić information content (AvgIpc) is 2.80. The molecule has 2 aromatic rings. The number of carbonyl (C=O) groups excluding carboxylic acids is 2. The maximum absolute atomic E-state index is 12.7. The van der Waals surface area contributed by atoms with Crippen LogP contribution >= 0.6 is 11.3 Å². The van der Waals surface area contributed by atoms with Crippen LogP contribution in [-0.4, -0.2) is 35.8 Å². The maximum Gasteiger partial charge on any atom is 0.266 e. The van der Waals surface area contributed by atoms with Crippen LogP contribution in [0.25, 0.3) is 10.1 Å². The first kappa shape index (κ1) is 13.9. The van der Waals surface area contributed by atoms with Crippen molar-refractivity contribution in [2.45, 2.75) is 19.9 Å². The van der Waals surface area contributed by atoms with Crippen molar-refractivity contribution in [2.75, 3.05) is 18.8 Å². The third-order valence-electron chi connectivity index (χ3n) is 3.90. The molecule has 21 heavy (non-hydrogen) atoms. The molecular formula is C15H17N3O2S. The fourth-order valence-electron chi connectivity index (χ4n) is 2.63. The van der Waals surface area contributed by atoms with Gasteiger partial charge in [-0.3, -0.25) is 9.59 Å². The Morgan fingerprint density at radius 3 is 2.95 bits per heavy atom. The molecule has 1 saturated heterocycles. The van der Waals surface area contributed by atoms with Gasteiger partial charge < -0.3 is 16.0 Å². The number of hydrogen-bond acceptors (Lipinski definition) is 4. The number of rotatable bonds is 1. The summed E-state index contributed by atoms with van der Waals surface area (Å²) >= 11 is 1.41. The second kappa shape index (κ2) is 5.04. The summed E-state index contributed by atoms with van der Waals surface area (Å²) in [5.74, 6) is -0.277. The third kappa shape index (κ3) is 2.15. The van der Waals surface area contributed by atoms with Crippen LogP contribution in [0.2, 0.25) is 0 Å². The van der Waals surface area contributed by atoms with Crippen molar-refractivity contribution in [3.63, 3.8) is 0 Å². The zero-order valence-corrected chi connectivity index (χ0v) is 12.8.